The molecule has 1 N–H and O–H groups in total. The van der Waals surface area contributed by atoms with Gasteiger partial charge < -0.3 is 14.6 Å². The Morgan fingerprint density at radius 1 is 1.38 bits per heavy atom. The van der Waals surface area contributed by atoms with Gasteiger partial charge in [0.25, 0.3) is 0 Å². The summed E-state index contributed by atoms with van der Waals surface area (Å²) in [6.45, 7) is 10.3. The van der Waals surface area contributed by atoms with E-state index in [0.717, 1.165) is 25.5 Å². The normalized spacial score (nSPS) is 30.2. The van der Waals surface area contributed by atoms with Gasteiger partial charge in [0.2, 0.25) is 0 Å². The fraction of sp³-hybridized carbons (Fsp3) is 0.900. The van der Waals surface area contributed by atoms with E-state index in [-0.39, 0.29) is 28.6 Å². The summed E-state index contributed by atoms with van der Waals surface area (Å²) in [6.07, 6.45) is 6.32. The van der Waals surface area contributed by atoms with Gasteiger partial charge in [0.1, 0.15) is 6.29 Å². The first-order chi connectivity index (χ1) is 11.0. The number of hydrogen-bond acceptors (Lipinski definition) is 4. The molecule has 0 bridgehead atoms. The Bertz CT molecular complexity index is 441. The average molecular weight is 341 g/mol. The van der Waals surface area contributed by atoms with Crippen LogP contribution in [0.15, 0.2) is 0 Å². The van der Waals surface area contributed by atoms with Crippen LogP contribution < -0.4 is 0 Å². The quantitative estimate of drug-likeness (QED) is 0.533. The lowest BCUT2D eigenvalue weighted by atomic mass is 9.51. The van der Waals surface area contributed by atoms with E-state index in [1.54, 1.807) is 0 Å². The summed E-state index contributed by atoms with van der Waals surface area (Å²) >= 11 is 0. The molecule has 0 spiro atoms. The first kappa shape index (κ1) is 21.1. The molecule has 0 amide bonds. The van der Waals surface area contributed by atoms with Crippen molar-refractivity contribution in [2.24, 2.45) is 22.7 Å². The summed E-state index contributed by atoms with van der Waals surface area (Å²) in [7, 11) is 1.43. The second-order valence-corrected chi connectivity index (χ2v) is 8.77. The number of hydrogen-bond donors (Lipinski definition) is 1. The first-order valence-corrected chi connectivity index (χ1v) is 9.28. The fourth-order valence-electron chi connectivity index (χ4n) is 4.76. The van der Waals surface area contributed by atoms with Gasteiger partial charge >= 0.3 is 5.97 Å². The second-order valence-electron chi connectivity index (χ2n) is 8.77. The van der Waals surface area contributed by atoms with Gasteiger partial charge in [0.05, 0.1) is 18.6 Å². The number of carbonyl (C=O) groups excluding carboxylic acids is 2. The molecular weight excluding hydrogens is 304 g/mol. The van der Waals surface area contributed by atoms with Gasteiger partial charge in [0, 0.05) is 6.42 Å². The lowest BCUT2D eigenvalue weighted by Gasteiger charge is -2.53. The van der Waals surface area contributed by atoms with E-state index in [1.165, 1.54) is 7.11 Å². The molecule has 24 heavy (non-hydrogen) atoms. The minimum absolute atomic E-state index is 0.0213. The van der Waals surface area contributed by atoms with Crippen molar-refractivity contribution >= 4 is 12.3 Å². The van der Waals surface area contributed by atoms with Crippen LogP contribution >= 0.6 is 0 Å². The molecule has 4 atom stereocenters. The molecule has 1 aliphatic rings. The van der Waals surface area contributed by atoms with Crippen LogP contribution in [0.25, 0.3) is 0 Å². The van der Waals surface area contributed by atoms with Crippen LogP contribution in [0.2, 0.25) is 0 Å². The van der Waals surface area contributed by atoms with Crippen molar-refractivity contribution in [1.82, 2.24) is 0 Å². The Morgan fingerprint density at radius 3 is 2.50 bits per heavy atom. The number of aliphatic hydroxyl groups is 1. The molecule has 1 rings (SSSR count). The van der Waals surface area contributed by atoms with Crippen LogP contribution in [0.1, 0.15) is 79.6 Å². The lowest BCUT2D eigenvalue weighted by Crippen LogP contribution is -2.49. The SMILES string of the molecule is CC[C@](C)(O)CC[C@@H](C(=O)OC)[C@@]1(C)CCCC(C)(C)[C@@H]1CC=O. The fourth-order valence-corrected chi connectivity index (χ4v) is 4.76. The zero-order chi connectivity index (χ0) is 18.6. The van der Waals surface area contributed by atoms with E-state index in [1.807, 2.05) is 13.8 Å². The maximum Gasteiger partial charge on any atom is 0.309 e. The van der Waals surface area contributed by atoms with Crippen molar-refractivity contribution in [3.8, 4) is 0 Å². The van der Waals surface area contributed by atoms with Crippen molar-refractivity contribution in [1.29, 1.82) is 0 Å². The van der Waals surface area contributed by atoms with Crippen LogP contribution in [0.4, 0.5) is 0 Å². The number of esters is 1. The number of aldehydes is 1. The van der Waals surface area contributed by atoms with Crippen molar-refractivity contribution in [3.05, 3.63) is 0 Å². The third-order valence-corrected chi connectivity index (χ3v) is 6.62. The maximum absolute atomic E-state index is 12.6. The highest BCUT2D eigenvalue weighted by molar-refractivity contribution is 5.73. The van der Waals surface area contributed by atoms with Crippen molar-refractivity contribution < 1.29 is 19.4 Å². The summed E-state index contributed by atoms with van der Waals surface area (Å²) in [4.78, 5) is 23.9. The van der Waals surface area contributed by atoms with Gasteiger partial charge in [-0.1, -0.05) is 34.1 Å². The highest BCUT2D eigenvalue weighted by Crippen LogP contribution is 2.57. The van der Waals surface area contributed by atoms with Gasteiger partial charge in [0.15, 0.2) is 0 Å². The van der Waals surface area contributed by atoms with Gasteiger partial charge in [-0.15, -0.1) is 0 Å². The zero-order valence-electron chi connectivity index (χ0n) is 16.4. The maximum atomic E-state index is 12.6. The first-order valence-electron chi connectivity index (χ1n) is 9.28. The molecule has 0 aliphatic heterocycles. The number of carbonyl (C=O) groups is 2. The van der Waals surface area contributed by atoms with E-state index in [2.05, 4.69) is 20.8 Å². The number of methoxy groups -OCH3 is 1. The zero-order valence-corrected chi connectivity index (χ0v) is 16.4. The smallest absolute Gasteiger partial charge is 0.309 e. The molecule has 1 aliphatic carbocycles. The molecule has 0 heterocycles. The monoisotopic (exact) mass is 340 g/mol. The molecule has 0 aromatic rings. The molecule has 140 valence electrons. The van der Waals surface area contributed by atoms with Crippen molar-refractivity contribution in [3.63, 3.8) is 0 Å². The minimum Gasteiger partial charge on any atom is -0.469 e. The molecule has 1 saturated carbocycles. The average Bonchev–Trinajstić information content (AvgIpc) is 2.50. The van der Waals surface area contributed by atoms with Gasteiger partial charge in [-0.05, 0) is 55.8 Å². The third-order valence-electron chi connectivity index (χ3n) is 6.62. The predicted octanol–water partition coefficient (Wildman–Crippen LogP) is 4.14. The van der Waals surface area contributed by atoms with Crippen LogP contribution in [0, 0.1) is 22.7 Å². The highest BCUT2D eigenvalue weighted by Gasteiger charge is 2.52. The van der Waals surface area contributed by atoms with Gasteiger partial charge in [-0.2, -0.15) is 0 Å². The molecule has 0 saturated heterocycles. The predicted molar refractivity (Wildman–Crippen MR) is 95.6 cm³/mol. The number of rotatable bonds is 8. The van der Waals surface area contributed by atoms with Crippen molar-refractivity contribution in [2.75, 3.05) is 7.11 Å². The molecule has 0 aromatic heterocycles. The lowest BCUT2D eigenvalue weighted by molar-refractivity contribution is -0.159. The second kappa shape index (κ2) is 7.99. The summed E-state index contributed by atoms with van der Waals surface area (Å²) in [6, 6.07) is 0. The molecular formula is C20H36O4. The van der Waals surface area contributed by atoms with Crippen LogP contribution in [0.3, 0.4) is 0 Å². The Labute approximate surface area is 147 Å². The Balaban J connectivity index is 3.16. The Kier molecular flexibility index (Phi) is 7.04. The summed E-state index contributed by atoms with van der Waals surface area (Å²) in [5.74, 6) is -0.352. The van der Waals surface area contributed by atoms with E-state index < -0.39 is 5.60 Å². The summed E-state index contributed by atoms with van der Waals surface area (Å²) in [5.41, 5.74) is -1.03. The topological polar surface area (TPSA) is 63.6 Å². The van der Waals surface area contributed by atoms with Crippen LogP contribution in [0.5, 0.6) is 0 Å². The molecule has 4 nitrogen and oxygen atoms in total. The van der Waals surface area contributed by atoms with E-state index in [0.29, 0.717) is 25.7 Å². The van der Waals surface area contributed by atoms with Gasteiger partial charge in [-0.3, -0.25) is 4.79 Å². The minimum atomic E-state index is -0.771. The summed E-state index contributed by atoms with van der Waals surface area (Å²) < 4.78 is 5.12. The third kappa shape index (κ3) is 4.59. The Morgan fingerprint density at radius 2 is 2.00 bits per heavy atom. The van der Waals surface area contributed by atoms with Gasteiger partial charge in [-0.25, -0.2) is 0 Å². The van der Waals surface area contributed by atoms with Crippen LogP contribution in [-0.2, 0) is 14.3 Å². The van der Waals surface area contributed by atoms with E-state index in [4.69, 9.17) is 4.74 Å². The van der Waals surface area contributed by atoms with E-state index >= 15 is 0 Å². The molecule has 0 aromatic carbocycles. The largest absolute Gasteiger partial charge is 0.469 e. The molecule has 0 unspecified atom stereocenters. The Hall–Kier alpha value is -0.900. The highest BCUT2D eigenvalue weighted by atomic mass is 16.5. The number of ether oxygens (including phenoxy) is 1. The molecule has 0 radical (unpaired) electrons. The standard InChI is InChI=1S/C20H36O4/c1-7-19(4,23)13-9-15(17(22)24-6)20(5)12-8-11-18(2,3)16(20)10-14-21/h14-16,23H,7-13H2,1-6H3/t15-,16-,19-,20+/m0/s1. The van der Waals surface area contributed by atoms with Crippen LogP contribution in [-0.4, -0.2) is 30.1 Å². The molecule has 1 fully saturated rings. The van der Waals surface area contributed by atoms with E-state index in [9.17, 15) is 14.7 Å². The molecule has 4 heteroatoms. The van der Waals surface area contributed by atoms with Crippen molar-refractivity contribution in [2.45, 2.75) is 85.2 Å². The summed E-state index contributed by atoms with van der Waals surface area (Å²) in [5, 5.41) is 10.4.